The Morgan fingerprint density at radius 2 is 2.14 bits per heavy atom. The molecule has 1 aromatic heterocycles. The van der Waals surface area contributed by atoms with Crippen LogP contribution in [0, 0.1) is 0 Å². The summed E-state index contributed by atoms with van der Waals surface area (Å²) in [5, 5.41) is 25.7. The second kappa shape index (κ2) is 7.74. The van der Waals surface area contributed by atoms with Crippen molar-refractivity contribution in [3.05, 3.63) is 35.7 Å². The van der Waals surface area contributed by atoms with Crippen molar-refractivity contribution in [2.24, 2.45) is 11.5 Å². The predicted molar refractivity (Wildman–Crippen MR) is 105 cm³/mol. The van der Waals surface area contributed by atoms with Gasteiger partial charge in [-0.25, -0.2) is 4.98 Å². The smallest absolute Gasteiger partial charge is 0.243 e. The molecule has 1 aromatic rings. The molecule has 10 heteroatoms. The molecule has 2 aliphatic rings. The lowest BCUT2D eigenvalue weighted by molar-refractivity contribution is -0.119. The van der Waals surface area contributed by atoms with Gasteiger partial charge in [-0.3, -0.25) is 4.79 Å². The van der Waals surface area contributed by atoms with Gasteiger partial charge in [-0.1, -0.05) is 12.2 Å². The normalized spacial score (nSPS) is 22.0. The van der Waals surface area contributed by atoms with Crippen LogP contribution in [-0.2, 0) is 4.79 Å². The monoisotopic (exact) mass is 389 g/mol. The number of hydrogen-bond acceptors (Lipinski definition) is 9. The maximum absolute atomic E-state index is 11.6. The largest absolute Gasteiger partial charge is 0.374 e. The minimum absolute atomic E-state index is 0.0857. The zero-order chi connectivity index (χ0) is 20.5. The SMILES string of the molecule is C[C@H](O)N(C)C1=CCC(Nc2nc(NC3(C(N)=O)CC3)ncc2C(N)O)C=C1. The van der Waals surface area contributed by atoms with Gasteiger partial charge >= 0.3 is 0 Å². The van der Waals surface area contributed by atoms with Gasteiger partial charge in [0, 0.05) is 25.0 Å². The number of nitrogens with two attached hydrogens (primary N) is 2. The van der Waals surface area contributed by atoms with E-state index >= 15 is 0 Å². The van der Waals surface area contributed by atoms with Crippen molar-refractivity contribution in [3.8, 4) is 0 Å². The molecule has 2 unspecified atom stereocenters. The van der Waals surface area contributed by atoms with Gasteiger partial charge < -0.3 is 37.2 Å². The molecule has 10 nitrogen and oxygen atoms in total. The average molecular weight is 389 g/mol. The lowest BCUT2D eigenvalue weighted by Gasteiger charge is -2.27. The predicted octanol–water partition coefficient (Wildman–Crippen LogP) is -0.250. The Bertz CT molecular complexity index is 802. The summed E-state index contributed by atoms with van der Waals surface area (Å²) in [7, 11) is 1.81. The third kappa shape index (κ3) is 4.24. The number of aliphatic hydroxyl groups excluding tert-OH is 2. The number of hydrogen-bond donors (Lipinski definition) is 6. The van der Waals surface area contributed by atoms with Gasteiger partial charge in [0.05, 0.1) is 5.56 Å². The van der Waals surface area contributed by atoms with E-state index in [1.165, 1.54) is 6.20 Å². The second-order valence-electron chi connectivity index (χ2n) is 7.23. The van der Waals surface area contributed by atoms with Crippen LogP contribution >= 0.6 is 0 Å². The van der Waals surface area contributed by atoms with Crippen LogP contribution in [0.4, 0.5) is 11.8 Å². The second-order valence-corrected chi connectivity index (χ2v) is 7.23. The summed E-state index contributed by atoms with van der Waals surface area (Å²) in [6.45, 7) is 1.70. The molecule has 1 amide bonds. The van der Waals surface area contributed by atoms with Crippen LogP contribution in [0.25, 0.3) is 0 Å². The van der Waals surface area contributed by atoms with E-state index in [9.17, 15) is 15.0 Å². The first kappa shape index (κ1) is 20.1. The fourth-order valence-electron chi connectivity index (χ4n) is 2.92. The summed E-state index contributed by atoms with van der Waals surface area (Å²) in [6, 6.07) is -0.0857. The van der Waals surface area contributed by atoms with Crippen LogP contribution in [0.15, 0.2) is 30.1 Å². The van der Waals surface area contributed by atoms with Gasteiger partial charge in [0.15, 0.2) is 0 Å². The first-order valence-corrected chi connectivity index (χ1v) is 9.16. The molecule has 0 bridgehead atoms. The standard InChI is InChI=1S/C18H27N7O3/c1-10(26)25(2)12-5-3-11(4-6-12)22-15-13(14(19)27)9-21-17(23-15)24-18(7-8-18)16(20)28/h3,5-6,9-11,14,26-27H,4,7-8,19H2,1-2H3,(H2,20,28)(H2,21,22,23,24)/t10-,11?,14?/m0/s1. The highest BCUT2D eigenvalue weighted by Gasteiger charge is 2.49. The lowest BCUT2D eigenvalue weighted by Crippen LogP contribution is -2.38. The van der Waals surface area contributed by atoms with Crippen LogP contribution in [-0.4, -0.2) is 55.8 Å². The molecule has 0 aliphatic heterocycles. The number of rotatable bonds is 8. The number of likely N-dealkylation sites (N-methyl/N-ethyl adjacent to an activating group) is 1. The van der Waals surface area contributed by atoms with E-state index < -0.39 is 23.9 Å². The summed E-state index contributed by atoms with van der Waals surface area (Å²) < 4.78 is 0. The van der Waals surface area contributed by atoms with Gasteiger partial charge in [0.25, 0.3) is 0 Å². The molecule has 28 heavy (non-hydrogen) atoms. The third-order valence-electron chi connectivity index (χ3n) is 5.08. The van der Waals surface area contributed by atoms with Crippen LogP contribution < -0.4 is 22.1 Å². The van der Waals surface area contributed by atoms with Crippen molar-refractivity contribution in [1.29, 1.82) is 0 Å². The number of amides is 1. The van der Waals surface area contributed by atoms with E-state index in [4.69, 9.17) is 11.5 Å². The van der Waals surface area contributed by atoms with Crippen molar-refractivity contribution < 1.29 is 15.0 Å². The molecule has 0 saturated heterocycles. The van der Waals surface area contributed by atoms with Crippen LogP contribution in [0.3, 0.4) is 0 Å². The Morgan fingerprint density at radius 3 is 2.64 bits per heavy atom. The summed E-state index contributed by atoms with van der Waals surface area (Å²) >= 11 is 0. The van der Waals surface area contributed by atoms with Crippen molar-refractivity contribution in [1.82, 2.24) is 14.9 Å². The Labute approximate surface area is 163 Å². The number of carbonyl (C=O) groups is 1. The van der Waals surface area contributed by atoms with Crippen LogP contribution in [0.1, 0.15) is 38.0 Å². The molecule has 1 fully saturated rings. The molecular weight excluding hydrogens is 362 g/mol. The Hall–Kier alpha value is -2.69. The number of aliphatic hydroxyl groups is 2. The zero-order valence-electron chi connectivity index (χ0n) is 16.0. The van der Waals surface area contributed by atoms with Crippen molar-refractivity contribution in [2.45, 2.75) is 50.2 Å². The Kier molecular flexibility index (Phi) is 5.54. The maximum Gasteiger partial charge on any atom is 0.243 e. The third-order valence-corrected chi connectivity index (χ3v) is 5.08. The molecule has 0 spiro atoms. The van der Waals surface area contributed by atoms with Crippen molar-refractivity contribution in [2.75, 3.05) is 17.7 Å². The summed E-state index contributed by atoms with van der Waals surface area (Å²) in [5.74, 6) is 0.180. The molecule has 2 aliphatic carbocycles. The number of carbonyl (C=O) groups excluding carboxylic acids is 1. The maximum atomic E-state index is 11.6. The van der Waals surface area contributed by atoms with Gasteiger partial charge in [0.1, 0.15) is 23.8 Å². The fraction of sp³-hybridized carbons (Fsp3) is 0.500. The quantitative estimate of drug-likeness (QED) is 0.329. The number of anilines is 2. The van der Waals surface area contributed by atoms with Crippen molar-refractivity contribution >= 4 is 17.7 Å². The molecule has 0 radical (unpaired) electrons. The topological polar surface area (TPSA) is 163 Å². The van der Waals surface area contributed by atoms with Crippen LogP contribution in [0.5, 0.6) is 0 Å². The van der Waals surface area contributed by atoms with Gasteiger partial charge in [-0.05, 0) is 32.3 Å². The highest BCUT2D eigenvalue weighted by Crippen LogP contribution is 2.38. The average Bonchev–Trinajstić information content (AvgIpc) is 3.42. The summed E-state index contributed by atoms with van der Waals surface area (Å²) in [4.78, 5) is 21.9. The number of aromatic nitrogens is 2. The minimum atomic E-state index is -1.25. The summed E-state index contributed by atoms with van der Waals surface area (Å²) in [6.07, 6.45) is 7.35. The Balaban J connectivity index is 1.75. The highest BCUT2D eigenvalue weighted by molar-refractivity contribution is 5.90. The van der Waals surface area contributed by atoms with E-state index in [1.54, 1.807) is 11.8 Å². The molecule has 3 atom stereocenters. The lowest BCUT2D eigenvalue weighted by atomic mass is 10.1. The Morgan fingerprint density at radius 1 is 1.43 bits per heavy atom. The van der Waals surface area contributed by atoms with Gasteiger partial charge in [-0.15, -0.1) is 0 Å². The van der Waals surface area contributed by atoms with Crippen molar-refractivity contribution in [3.63, 3.8) is 0 Å². The molecule has 3 rings (SSSR count). The number of nitrogens with one attached hydrogen (secondary N) is 2. The van der Waals surface area contributed by atoms with E-state index in [0.717, 1.165) is 5.70 Å². The minimum Gasteiger partial charge on any atom is -0.374 e. The number of nitrogens with zero attached hydrogens (tertiary/aromatic N) is 3. The van der Waals surface area contributed by atoms with E-state index in [2.05, 4.69) is 20.6 Å². The zero-order valence-corrected chi connectivity index (χ0v) is 16.0. The number of primary amides is 1. The molecule has 1 heterocycles. The fourth-order valence-corrected chi connectivity index (χ4v) is 2.92. The van der Waals surface area contributed by atoms with Gasteiger partial charge in [-0.2, -0.15) is 4.98 Å². The van der Waals surface area contributed by atoms with Crippen LogP contribution in [0.2, 0.25) is 0 Å². The van der Waals surface area contributed by atoms with E-state index in [-0.39, 0.29) is 12.0 Å². The first-order valence-electron chi connectivity index (χ1n) is 9.16. The van der Waals surface area contributed by atoms with E-state index in [0.29, 0.717) is 30.6 Å². The first-order chi connectivity index (χ1) is 13.2. The summed E-state index contributed by atoms with van der Waals surface area (Å²) in [5.41, 5.74) is 11.5. The molecule has 152 valence electrons. The highest BCUT2D eigenvalue weighted by atomic mass is 16.3. The van der Waals surface area contributed by atoms with Gasteiger partial charge in [0.2, 0.25) is 11.9 Å². The molecule has 0 aromatic carbocycles. The number of allylic oxidation sites excluding steroid dienone is 1. The van der Waals surface area contributed by atoms with E-state index in [1.807, 2.05) is 25.3 Å². The molecule has 8 N–H and O–H groups in total. The molecule has 1 saturated carbocycles. The molecular formula is C18H27N7O3.